The Labute approximate surface area is 172 Å². The molecule has 26 heavy (non-hydrogen) atoms. The van der Waals surface area contributed by atoms with Crippen LogP contribution in [0.15, 0.2) is 36.4 Å². The number of hydrogen-bond acceptors (Lipinski definition) is 2. The molecule has 0 aromatic heterocycles. The standard InChI is InChI=1S/C18H17Cl4N3O/c19-12-2-1-3-14(8-12)25-6-4-24(5-7-25)11-17(26)23-18-15(21)9-13(20)10-16(18)22/h1-3,8-10H,4-7,11H2,(H,23,26)/p+1. The number of halogens is 4. The van der Waals surface area contributed by atoms with E-state index in [4.69, 9.17) is 46.4 Å². The zero-order valence-corrected chi connectivity index (χ0v) is 16.9. The highest BCUT2D eigenvalue weighted by Crippen LogP contribution is 2.33. The first-order chi connectivity index (χ1) is 12.4. The third-order valence-corrected chi connectivity index (χ3v) is 5.38. The van der Waals surface area contributed by atoms with Crippen LogP contribution in [0.2, 0.25) is 20.1 Å². The smallest absolute Gasteiger partial charge is 0.279 e. The molecule has 4 nitrogen and oxygen atoms in total. The molecule has 3 rings (SSSR count). The van der Waals surface area contributed by atoms with Gasteiger partial charge in [-0.25, -0.2) is 0 Å². The molecule has 0 spiro atoms. The highest BCUT2D eigenvalue weighted by Gasteiger charge is 2.23. The van der Waals surface area contributed by atoms with Crippen molar-refractivity contribution in [3.8, 4) is 0 Å². The van der Waals surface area contributed by atoms with Gasteiger partial charge in [-0.1, -0.05) is 52.5 Å². The van der Waals surface area contributed by atoms with Gasteiger partial charge in [0, 0.05) is 15.7 Å². The molecule has 1 fully saturated rings. The molecule has 138 valence electrons. The minimum atomic E-state index is -0.123. The van der Waals surface area contributed by atoms with E-state index in [1.807, 2.05) is 24.3 Å². The fourth-order valence-corrected chi connectivity index (χ4v) is 4.10. The molecule has 2 aromatic rings. The zero-order chi connectivity index (χ0) is 18.7. The normalized spacial score (nSPS) is 15.2. The minimum Gasteiger partial charge on any atom is -0.360 e. The summed E-state index contributed by atoms with van der Waals surface area (Å²) in [4.78, 5) is 15.8. The van der Waals surface area contributed by atoms with E-state index in [1.54, 1.807) is 12.1 Å². The Morgan fingerprint density at radius 1 is 1.00 bits per heavy atom. The summed E-state index contributed by atoms with van der Waals surface area (Å²) in [5, 5.41) is 4.61. The molecule has 0 aliphatic carbocycles. The van der Waals surface area contributed by atoms with Crippen LogP contribution in [0.5, 0.6) is 0 Å². The summed E-state index contributed by atoms with van der Waals surface area (Å²) in [5.74, 6) is -0.123. The topological polar surface area (TPSA) is 36.8 Å². The third kappa shape index (κ3) is 4.96. The number of anilines is 2. The van der Waals surface area contributed by atoms with Crippen molar-refractivity contribution in [2.24, 2.45) is 0 Å². The van der Waals surface area contributed by atoms with Crippen molar-refractivity contribution >= 4 is 63.7 Å². The molecule has 0 unspecified atom stereocenters. The van der Waals surface area contributed by atoms with Gasteiger partial charge in [0.25, 0.3) is 5.91 Å². The highest BCUT2D eigenvalue weighted by molar-refractivity contribution is 6.42. The number of nitrogens with zero attached hydrogens (tertiary/aromatic N) is 1. The molecular formula is C18H18Cl4N3O+. The van der Waals surface area contributed by atoms with Gasteiger partial charge in [0.1, 0.15) is 0 Å². The predicted molar refractivity (Wildman–Crippen MR) is 109 cm³/mol. The van der Waals surface area contributed by atoms with E-state index >= 15 is 0 Å². The SMILES string of the molecule is O=C(C[NH+]1CCN(c2cccc(Cl)c2)CC1)Nc1c(Cl)cc(Cl)cc1Cl. The van der Waals surface area contributed by atoms with Gasteiger partial charge in [-0.3, -0.25) is 4.79 Å². The number of carbonyl (C=O) groups is 1. The summed E-state index contributed by atoms with van der Waals surface area (Å²) < 4.78 is 0. The molecule has 1 aliphatic rings. The molecular weight excluding hydrogens is 416 g/mol. The molecule has 2 aromatic carbocycles. The van der Waals surface area contributed by atoms with E-state index in [-0.39, 0.29) is 5.91 Å². The first-order valence-electron chi connectivity index (χ1n) is 8.21. The van der Waals surface area contributed by atoms with Gasteiger partial charge in [-0.15, -0.1) is 0 Å². The summed E-state index contributed by atoms with van der Waals surface area (Å²) >= 11 is 24.2. The summed E-state index contributed by atoms with van der Waals surface area (Å²) in [6, 6.07) is 10.9. The summed E-state index contributed by atoms with van der Waals surface area (Å²) in [6.07, 6.45) is 0. The Bertz CT molecular complexity index is 784. The Balaban J connectivity index is 1.54. The number of benzene rings is 2. The van der Waals surface area contributed by atoms with Crippen LogP contribution in [0.1, 0.15) is 0 Å². The van der Waals surface area contributed by atoms with E-state index in [0.717, 1.165) is 36.9 Å². The average Bonchev–Trinajstić information content (AvgIpc) is 2.59. The number of hydrogen-bond donors (Lipinski definition) is 2. The molecule has 2 N–H and O–H groups in total. The third-order valence-electron chi connectivity index (χ3n) is 4.33. The van der Waals surface area contributed by atoms with Crippen molar-refractivity contribution in [3.63, 3.8) is 0 Å². The first-order valence-corrected chi connectivity index (χ1v) is 9.72. The van der Waals surface area contributed by atoms with Crippen LogP contribution >= 0.6 is 46.4 Å². The van der Waals surface area contributed by atoms with Crippen molar-refractivity contribution in [2.75, 3.05) is 42.9 Å². The molecule has 1 aliphatic heterocycles. The fraction of sp³-hybridized carbons (Fsp3) is 0.278. The van der Waals surface area contributed by atoms with Gasteiger partial charge >= 0.3 is 0 Å². The Morgan fingerprint density at radius 3 is 2.27 bits per heavy atom. The quantitative estimate of drug-likeness (QED) is 0.772. The predicted octanol–water partition coefficient (Wildman–Crippen LogP) is 3.64. The van der Waals surface area contributed by atoms with Gasteiger partial charge < -0.3 is 15.1 Å². The number of nitrogens with one attached hydrogen (secondary N) is 2. The van der Waals surface area contributed by atoms with Crippen LogP contribution in [0, 0.1) is 0 Å². The number of carbonyl (C=O) groups excluding carboxylic acids is 1. The molecule has 0 bridgehead atoms. The average molecular weight is 434 g/mol. The largest absolute Gasteiger partial charge is 0.360 e. The molecule has 8 heteroatoms. The van der Waals surface area contributed by atoms with E-state index in [2.05, 4.69) is 10.2 Å². The maximum absolute atomic E-state index is 12.4. The second-order valence-electron chi connectivity index (χ2n) is 6.19. The van der Waals surface area contributed by atoms with Crippen LogP contribution in [-0.4, -0.2) is 38.6 Å². The van der Waals surface area contributed by atoms with Gasteiger partial charge in [0.15, 0.2) is 6.54 Å². The van der Waals surface area contributed by atoms with Gasteiger partial charge in [-0.05, 0) is 30.3 Å². The van der Waals surface area contributed by atoms with Crippen LogP contribution in [-0.2, 0) is 4.79 Å². The van der Waals surface area contributed by atoms with Gasteiger partial charge in [0.05, 0.1) is 41.9 Å². The second-order valence-corrected chi connectivity index (χ2v) is 7.87. The second kappa shape index (κ2) is 8.68. The number of quaternary nitrogens is 1. The molecule has 0 atom stereocenters. The summed E-state index contributed by atoms with van der Waals surface area (Å²) in [6.45, 7) is 3.82. The molecule has 1 saturated heterocycles. The minimum absolute atomic E-state index is 0.123. The molecule has 1 amide bonds. The molecule has 1 heterocycles. The lowest BCUT2D eigenvalue weighted by atomic mass is 10.2. The number of piperazine rings is 1. The lowest BCUT2D eigenvalue weighted by Crippen LogP contribution is -3.15. The fourth-order valence-electron chi connectivity index (χ4n) is 3.00. The van der Waals surface area contributed by atoms with E-state index in [9.17, 15) is 4.79 Å². The van der Waals surface area contributed by atoms with Crippen LogP contribution in [0.25, 0.3) is 0 Å². The van der Waals surface area contributed by atoms with Crippen molar-refractivity contribution in [1.29, 1.82) is 0 Å². The van der Waals surface area contributed by atoms with Crippen LogP contribution in [0.3, 0.4) is 0 Å². The maximum atomic E-state index is 12.4. The van der Waals surface area contributed by atoms with E-state index in [1.165, 1.54) is 4.90 Å². The molecule has 0 radical (unpaired) electrons. The van der Waals surface area contributed by atoms with Crippen LogP contribution < -0.4 is 15.1 Å². The van der Waals surface area contributed by atoms with Crippen molar-refractivity contribution in [1.82, 2.24) is 0 Å². The van der Waals surface area contributed by atoms with Crippen molar-refractivity contribution in [3.05, 3.63) is 56.5 Å². The number of amides is 1. The zero-order valence-electron chi connectivity index (χ0n) is 13.9. The van der Waals surface area contributed by atoms with Gasteiger partial charge in [0.2, 0.25) is 0 Å². The molecule has 0 saturated carbocycles. The Morgan fingerprint density at radius 2 is 1.65 bits per heavy atom. The monoisotopic (exact) mass is 432 g/mol. The first kappa shape index (κ1) is 19.6. The highest BCUT2D eigenvalue weighted by atomic mass is 35.5. The Kier molecular flexibility index (Phi) is 6.54. The van der Waals surface area contributed by atoms with E-state index in [0.29, 0.717) is 27.3 Å². The van der Waals surface area contributed by atoms with E-state index < -0.39 is 0 Å². The summed E-state index contributed by atoms with van der Waals surface area (Å²) in [5.41, 5.74) is 1.51. The number of rotatable bonds is 4. The Hall–Kier alpha value is -1.17. The lowest BCUT2D eigenvalue weighted by molar-refractivity contribution is -0.892. The van der Waals surface area contributed by atoms with Crippen molar-refractivity contribution in [2.45, 2.75) is 0 Å². The van der Waals surface area contributed by atoms with Crippen LogP contribution in [0.4, 0.5) is 11.4 Å². The van der Waals surface area contributed by atoms with Gasteiger partial charge in [-0.2, -0.15) is 0 Å². The maximum Gasteiger partial charge on any atom is 0.279 e. The van der Waals surface area contributed by atoms with Crippen molar-refractivity contribution < 1.29 is 9.69 Å². The summed E-state index contributed by atoms with van der Waals surface area (Å²) in [7, 11) is 0. The lowest BCUT2D eigenvalue weighted by Gasteiger charge is -2.33.